The largest absolute Gasteiger partial charge is 0.349 e. The van der Waals surface area contributed by atoms with Crippen molar-refractivity contribution in [1.29, 1.82) is 0 Å². The van der Waals surface area contributed by atoms with Gasteiger partial charge in [0.15, 0.2) is 5.82 Å². The number of carbonyl (C=O) groups is 1. The Bertz CT molecular complexity index is 879. The summed E-state index contributed by atoms with van der Waals surface area (Å²) in [6.45, 7) is 4.58. The van der Waals surface area contributed by atoms with Gasteiger partial charge in [0.25, 0.3) is 5.91 Å². The van der Waals surface area contributed by atoms with Crippen LogP contribution in [-0.4, -0.2) is 45.3 Å². The van der Waals surface area contributed by atoms with Crippen LogP contribution in [0, 0.1) is 5.92 Å². The third-order valence-electron chi connectivity index (χ3n) is 5.37. The quantitative estimate of drug-likeness (QED) is 0.454. The van der Waals surface area contributed by atoms with Crippen LogP contribution in [0.1, 0.15) is 38.9 Å². The molecule has 2 atom stereocenters. The molecule has 1 fully saturated rings. The van der Waals surface area contributed by atoms with Crippen molar-refractivity contribution in [3.8, 4) is 0 Å². The summed E-state index contributed by atoms with van der Waals surface area (Å²) in [7, 11) is 0. The minimum Gasteiger partial charge on any atom is -0.349 e. The van der Waals surface area contributed by atoms with E-state index in [0.29, 0.717) is 17.3 Å². The van der Waals surface area contributed by atoms with E-state index in [4.69, 9.17) is 22.4 Å². The van der Waals surface area contributed by atoms with Gasteiger partial charge in [-0.2, -0.15) is 0 Å². The number of hydrazine groups is 1. The Hall–Kier alpha value is -2.45. The molecular formula is C19H24ClN7O. The Labute approximate surface area is 169 Å². The summed E-state index contributed by atoms with van der Waals surface area (Å²) in [6, 6.07) is 1.50. The number of carbonyl (C=O) groups excluding carboxylic acids is 1. The Balaban J connectivity index is 1.58. The standard InChI is InChI=1S/C19H24ClN7O/c1-11(2)27(21)19(28)15-4-3-7-26(15)16-5-6-22-18(25-16)14-10-24-17-13(14)8-12(20)9-23-17/h5-6,9-11,13,15H,3-4,7-8,21H2,1-2H3,(H,23,24)/t13?,15-/m1/s1. The fourth-order valence-electron chi connectivity index (χ4n) is 3.81. The highest BCUT2D eigenvalue weighted by atomic mass is 35.5. The van der Waals surface area contributed by atoms with Gasteiger partial charge < -0.3 is 10.2 Å². The van der Waals surface area contributed by atoms with Gasteiger partial charge in [0.1, 0.15) is 17.7 Å². The summed E-state index contributed by atoms with van der Waals surface area (Å²) < 4.78 is 0. The highest BCUT2D eigenvalue weighted by Gasteiger charge is 2.36. The summed E-state index contributed by atoms with van der Waals surface area (Å²) in [6.07, 6.45) is 7.65. The second-order valence-electron chi connectivity index (χ2n) is 7.52. The van der Waals surface area contributed by atoms with E-state index in [1.54, 1.807) is 12.4 Å². The molecule has 1 unspecified atom stereocenters. The average molecular weight is 402 g/mol. The smallest absolute Gasteiger partial charge is 0.259 e. The Morgan fingerprint density at radius 3 is 3.07 bits per heavy atom. The van der Waals surface area contributed by atoms with Crippen molar-refractivity contribution in [1.82, 2.24) is 20.3 Å². The highest BCUT2D eigenvalue weighted by Crippen LogP contribution is 2.35. The first kappa shape index (κ1) is 18.9. The number of nitrogens with two attached hydrogens (primary N) is 1. The summed E-state index contributed by atoms with van der Waals surface area (Å²) in [5.74, 6) is 8.15. The van der Waals surface area contributed by atoms with E-state index in [9.17, 15) is 4.79 Å². The number of hydrogen-bond acceptors (Lipinski definition) is 7. The van der Waals surface area contributed by atoms with Crippen molar-refractivity contribution in [3.05, 3.63) is 35.5 Å². The lowest BCUT2D eigenvalue weighted by Gasteiger charge is -2.30. The Kier molecular flexibility index (Phi) is 5.07. The first-order valence-corrected chi connectivity index (χ1v) is 9.90. The van der Waals surface area contributed by atoms with Gasteiger partial charge in [-0.3, -0.25) is 9.80 Å². The lowest BCUT2D eigenvalue weighted by Crippen LogP contribution is -2.52. The van der Waals surface area contributed by atoms with E-state index in [0.717, 1.165) is 36.6 Å². The highest BCUT2D eigenvalue weighted by molar-refractivity contribution is 6.30. The zero-order valence-electron chi connectivity index (χ0n) is 16.0. The molecule has 0 aromatic carbocycles. The second kappa shape index (κ2) is 7.52. The third kappa shape index (κ3) is 3.38. The third-order valence-corrected chi connectivity index (χ3v) is 5.62. The molecule has 1 saturated heterocycles. The van der Waals surface area contributed by atoms with Crippen LogP contribution in [0.5, 0.6) is 0 Å². The first-order chi connectivity index (χ1) is 13.5. The van der Waals surface area contributed by atoms with Crippen LogP contribution in [0.3, 0.4) is 0 Å². The van der Waals surface area contributed by atoms with Crippen molar-refractivity contribution in [3.63, 3.8) is 0 Å². The predicted molar refractivity (Wildman–Crippen MR) is 109 cm³/mol. The van der Waals surface area contributed by atoms with E-state index in [2.05, 4.69) is 15.3 Å². The first-order valence-electron chi connectivity index (χ1n) is 9.52. The molecular weight excluding hydrogens is 378 g/mol. The summed E-state index contributed by atoms with van der Waals surface area (Å²) in [4.78, 5) is 28.4. The molecule has 1 aromatic rings. The van der Waals surface area contributed by atoms with Gasteiger partial charge in [-0.05, 0) is 39.2 Å². The molecule has 3 aliphatic rings. The Morgan fingerprint density at radius 1 is 1.46 bits per heavy atom. The number of allylic oxidation sites excluding steroid dienone is 1. The molecule has 8 nitrogen and oxygen atoms in total. The maximum absolute atomic E-state index is 12.8. The zero-order chi connectivity index (χ0) is 19.8. The van der Waals surface area contributed by atoms with E-state index in [1.165, 1.54) is 5.01 Å². The molecule has 0 radical (unpaired) electrons. The van der Waals surface area contributed by atoms with Crippen molar-refractivity contribution in [2.24, 2.45) is 16.8 Å². The van der Waals surface area contributed by atoms with Crippen LogP contribution in [0.25, 0.3) is 5.57 Å². The SMILES string of the molecule is CC(C)N(N)C(=O)[C@H]1CCCN1c1ccnc(C2=CNC3=NC=C(Cl)CC23)n1. The lowest BCUT2D eigenvalue weighted by molar-refractivity contribution is -0.134. The summed E-state index contributed by atoms with van der Waals surface area (Å²) >= 11 is 6.18. The molecule has 0 spiro atoms. The number of amides is 1. The number of anilines is 1. The lowest BCUT2D eigenvalue weighted by atomic mass is 9.95. The number of amidine groups is 1. The number of fused-ring (bicyclic) bond motifs is 1. The molecule has 1 amide bonds. The maximum Gasteiger partial charge on any atom is 0.259 e. The van der Waals surface area contributed by atoms with Gasteiger partial charge in [-0.1, -0.05) is 11.6 Å². The van der Waals surface area contributed by atoms with E-state index < -0.39 is 0 Å². The minimum absolute atomic E-state index is 0.0317. The Morgan fingerprint density at radius 2 is 2.29 bits per heavy atom. The molecule has 28 heavy (non-hydrogen) atoms. The van der Waals surface area contributed by atoms with Crippen molar-refractivity contribution in [2.75, 3.05) is 11.4 Å². The van der Waals surface area contributed by atoms with Gasteiger partial charge in [-0.25, -0.2) is 20.8 Å². The topological polar surface area (TPSA) is 99.7 Å². The molecule has 148 valence electrons. The van der Waals surface area contributed by atoms with E-state index in [-0.39, 0.29) is 23.9 Å². The van der Waals surface area contributed by atoms with Gasteiger partial charge in [0.2, 0.25) is 0 Å². The molecule has 3 N–H and O–H groups in total. The molecule has 0 bridgehead atoms. The number of aliphatic imine (C=N–C) groups is 1. The van der Waals surface area contributed by atoms with Crippen LogP contribution in [0.2, 0.25) is 0 Å². The van der Waals surface area contributed by atoms with Crippen LogP contribution in [0.15, 0.2) is 34.7 Å². The van der Waals surface area contributed by atoms with Crippen LogP contribution < -0.4 is 16.1 Å². The molecule has 9 heteroatoms. The predicted octanol–water partition coefficient (Wildman–Crippen LogP) is 2.00. The fourth-order valence-corrected chi connectivity index (χ4v) is 4.02. The molecule has 3 aliphatic heterocycles. The van der Waals surface area contributed by atoms with Crippen molar-refractivity contribution >= 4 is 34.7 Å². The number of hydrogen-bond donors (Lipinski definition) is 2. The monoisotopic (exact) mass is 401 g/mol. The minimum atomic E-state index is -0.296. The van der Waals surface area contributed by atoms with Crippen molar-refractivity contribution in [2.45, 2.75) is 45.2 Å². The number of nitrogens with zero attached hydrogens (tertiary/aromatic N) is 5. The summed E-state index contributed by atoms with van der Waals surface area (Å²) in [5.41, 5.74) is 0.955. The molecule has 4 rings (SSSR count). The van der Waals surface area contributed by atoms with Crippen LogP contribution in [-0.2, 0) is 4.79 Å². The average Bonchev–Trinajstić information content (AvgIpc) is 3.33. The molecule has 0 aliphatic carbocycles. The molecule has 0 saturated carbocycles. The van der Waals surface area contributed by atoms with E-state index >= 15 is 0 Å². The number of nitrogens with one attached hydrogen (secondary N) is 1. The molecule has 1 aromatic heterocycles. The van der Waals surface area contributed by atoms with Gasteiger partial charge in [0.05, 0.1) is 5.92 Å². The number of rotatable bonds is 4. The van der Waals surface area contributed by atoms with Crippen molar-refractivity contribution < 1.29 is 4.79 Å². The van der Waals surface area contributed by atoms with Crippen LogP contribution in [0.4, 0.5) is 5.82 Å². The van der Waals surface area contributed by atoms with Gasteiger partial charge >= 0.3 is 0 Å². The normalized spacial score (nSPS) is 23.8. The number of aromatic nitrogens is 2. The summed E-state index contributed by atoms with van der Waals surface area (Å²) in [5, 5.41) is 5.21. The second-order valence-corrected chi connectivity index (χ2v) is 8.01. The molecule has 4 heterocycles. The van der Waals surface area contributed by atoms with E-state index in [1.807, 2.05) is 31.0 Å². The van der Waals surface area contributed by atoms with Gasteiger partial charge in [0, 0.05) is 41.8 Å². The maximum atomic E-state index is 12.8. The van der Waals surface area contributed by atoms with Gasteiger partial charge in [-0.15, -0.1) is 0 Å². The number of halogens is 1. The van der Waals surface area contributed by atoms with Crippen LogP contribution >= 0.6 is 11.6 Å². The fraction of sp³-hybridized carbons (Fsp3) is 0.474. The zero-order valence-corrected chi connectivity index (χ0v) is 16.7.